The number of esters is 1. The molecular weight excluding hydrogens is 963 g/mol. The first-order valence-corrected chi connectivity index (χ1v) is 24.3. The van der Waals surface area contributed by atoms with Crippen LogP contribution < -0.4 is 37.3 Å². The first-order chi connectivity index (χ1) is 35.1. The molecule has 0 bridgehead atoms. The van der Waals surface area contributed by atoms with Crippen molar-refractivity contribution >= 4 is 64.5 Å². The summed E-state index contributed by atoms with van der Waals surface area (Å²) >= 11 is 0. The van der Waals surface area contributed by atoms with Crippen molar-refractivity contribution in [1.29, 1.82) is 0 Å². The van der Waals surface area contributed by atoms with E-state index >= 15 is 0 Å². The molecule has 2 aromatic carbocycles. The molecular formula is C51H63N9O14. The lowest BCUT2D eigenvalue weighted by molar-refractivity contribution is -0.172. The number of pyridine rings is 2. The first kappa shape index (κ1) is 55.2. The van der Waals surface area contributed by atoms with E-state index in [-0.39, 0.29) is 106 Å². The van der Waals surface area contributed by atoms with Crippen LogP contribution in [0, 0.1) is 5.92 Å². The van der Waals surface area contributed by atoms with Crippen LogP contribution in [-0.2, 0) is 65.2 Å². The molecule has 0 spiro atoms. The number of carboxylic acid groups (broad SMARTS) is 1. The number of ether oxygens (including phenoxy) is 3. The van der Waals surface area contributed by atoms with Gasteiger partial charge in [0.1, 0.15) is 31.0 Å². The number of aromatic nitrogens is 2. The molecule has 4 aromatic rings. The lowest BCUT2D eigenvalue weighted by Crippen LogP contribution is -2.54. The molecule has 23 nitrogen and oxygen atoms in total. The number of aryl methyl sites for hydroxylation is 1. The van der Waals surface area contributed by atoms with Crippen LogP contribution in [0.25, 0.3) is 22.3 Å². The van der Waals surface area contributed by atoms with E-state index in [1.165, 1.54) is 23.9 Å². The third-order valence-electron chi connectivity index (χ3n) is 13.0. The number of fused-ring (bicyclic) bond motifs is 5. The highest BCUT2D eigenvalue weighted by Crippen LogP contribution is 2.41. The molecule has 7 amide bonds. The van der Waals surface area contributed by atoms with Crippen molar-refractivity contribution in [3.63, 3.8) is 0 Å². The van der Waals surface area contributed by atoms with E-state index in [0.717, 1.165) is 16.5 Å². The Morgan fingerprint density at radius 3 is 2.26 bits per heavy atom. The molecule has 0 fully saturated rings. The van der Waals surface area contributed by atoms with Crippen molar-refractivity contribution < 1.29 is 62.8 Å². The Morgan fingerprint density at radius 1 is 0.905 bits per heavy atom. The number of amides is 7. The zero-order valence-corrected chi connectivity index (χ0v) is 42.2. The average molecular weight is 1030 g/mol. The van der Waals surface area contributed by atoms with E-state index in [4.69, 9.17) is 30.0 Å². The number of nitrogens with one attached hydrogen (secondary N) is 4. The summed E-state index contributed by atoms with van der Waals surface area (Å²) in [5.74, 6) is -3.70. The standard InChI is InChI=1S/C51H63N9O14/c1-7-32-33-23-31(18-19-37(33)55-43-34(32)25-60-39(43)24-36-35(46(60)66)27-72-47(67)51(36,71)8-2)74-50(70)59(6)22-21-58(5)49(69)73-26-29-14-16-30(17-15-29)54-44(64)38(11-10-20-53-48(52)68)56-45(65)42(28(3)4)57-40(61)12-9-13-41(62)63/h14-19,23-24,28,38,42,71H,7-13,20-22,25-27H2,1-6H3,(H,54,64)(H,56,65)(H,57,61)(H,62,63)(H3,52,53,68)/t38-,42-,51-/m0/s1. The summed E-state index contributed by atoms with van der Waals surface area (Å²) in [6.07, 6.45) is -0.623. The van der Waals surface area contributed by atoms with Crippen LogP contribution in [0.1, 0.15) is 94.0 Å². The molecule has 0 radical (unpaired) electrons. The van der Waals surface area contributed by atoms with Gasteiger partial charge in [-0.2, -0.15) is 0 Å². The SMILES string of the molecule is CCc1c2c(nc3ccc(OC(=O)N(C)CCN(C)C(=O)OCc4ccc(NC(=O)[C@H](CCCNC(N)=O)NC(=O)[C@@H](NC(=O)CCCC(=O)O)C(C)C)cc4)cc13)-c1cc3c(c(=O)n1C2)COC(=O)[C@]3(O)CC. The molecule has 0 saturated carbocycles. The molecule has 0 aliphatic carbocycles. The maximum atomic E-state index is 13.7. The van der Waals surface area contributed by atoms with Crippen LogP contribution in [0.15, 0.2) is 53.3 Å². The van der Waals surface area contributed by atoms with Crippen molar-refractivity contribution in [3.05, 3.63) is 86.7 Å². The average Bonchev–Trinajstić information content (AvgIpc) is 3.73. The highest BCUT2D eigenvalue weighted by molar-refractivity contribution is 5.98. The van der Waals surface area contributed by atoms with Crippen LogP contribution >= 0.6 is 0 Å². The maximum Gasteiger partial charge on any atom is 0.415 e. The largest absolute Gasteiger partial charge is 0.481 e. The number of aliphatic carboxylic acids is 1. The van der Waals surface area contributed by atoms with E-state index in [0.29, 0.717) is 34.6 Å². The minimum atomic E-state index is -1.95. The Hall–Kier alpha value is -8.08. The Balaban J connectivity index is 1.00. The zero-order valence-electron chi connectivity index (χ0n) is 42.2. The van der Waals surface area contributed by atoms with E-state index in [1.807, 2.05) is 6.92 Å². The first-order valence-electron chi connectivity index (χ1n) is 24.3. The Kier molecular flexibility index (Phi) is 18.0. The minimum Gasteiger partial charge on any atom is -0.481 e. The molecule has 2 aliphatic heterocycles. The predicted molar refractivity (Wildman–Crippen MR) is 267 cm³/mol. The second kappa shape index (κ2) is 24.1. The summed E-state index contributed by atoms with van der Waals surface area (Å²) in [7, 11) is 3.04. The molecule has 74 heavy (non-hydrogen) atoms. The van der Waals surface area contributed by atoms with Crippen LogP contribution in [-0.4, -0.2) is 123 Å². The van der Waals surface area contributed by atoms with Crippen LogP contribution in [0.4, 0.5) is 20.1 Å². The summed E-state index contributed by atoms with van der Waals surface area (Å²) in [6.45, 7) is 7.20. The van der Waals surface area contributed by atoms with Gasteiger partial charge in [0.05, 0.1) is 29.0 Å². The number of carboxylic acids is 1. The van der Waals surface area contributed by atoms with Crippen molar-refractivity contribution in [3.8, 4) is 17.1 Å². The molecule has 4 heterocycles. The summed E-state index contributed by atoms with van der Waals surface area (Å²) in [5, 5.41) is 31.3. The topological polar surface area (TPSA) is 320 Å². The van der Waals surface area contributed by atoms with Crippen LogP contribution in [0.2, 0.25) is 0 Å². The van der Waals surface area contributed by atoms with Gasteiger partial charge in [0.25, 0.3) is 5.56 Å². The number of urea groups is 1. The molecule has 8 N–H and O–H groups in total. The lowest BCUT2D eigenvalue weighted by Gasteiger charge is -2.31. The fourth-order valence-corrected chi connectivity index (χ4v) is 8.67. The highest BCUT2D eigenvalue weighted by Gasteiger charge is 2.45. The second-order valence-corrected chi connectivity index (χ2v) is 18.5. The number of benzene rings is 2. The number of hydrogen-bond donors (Lipinski definition) is 7. The van der Waals surface area contributed by atoms with Crippen molar-refractivity contribution in [2.45, 2.75) is 110 Å². The summed E-state index contributed by atoms with van der Waals surface area (Å²) < 4.78 is 18.0. The number of carbonyl (C=O) groups excluding carboxylic acids is 7. The molecule has 2 aromatic heterocycles. The Morgan fingerprint density at radius 2 is 1.61 bits per heavy atom. The number of anilines is 1. The fraction of sp³-hybridized carbons (Fsp3) is 0.451. The van der Waals surface area contributed by atoms with Gasteiger partial charge in [0, 0.05) is 68.8 Å². The lowest BCUT2D eigenvalue weighted by atomic mass is 9.86. The Bertz CT molecular complexity index is 2890. The highest BCUT2D eigenvalue weighted by atomic mass is 16.6. The molecule has 3 atom stereocenters. The third-order valence-corrected chi connectivity index (χ3v) is 13.0. The zero-order chi connectivity index (χ0) is 54.0. The Labute approximate surface area is 426 Å². The third kappa shape index (κ3) is 12.9. The van der Waals surface area contributed by atoms with Crippen LogP contribution in [0.5, 0.6) is 5.75 Å². The van der Waals surface area contributed by atoms with Gasteiger partial charge < -0.3 is 65.8 Å². The van der Waals surface area contributed by atoms with Crippen molar-refractivity contribution in [2.75, 3.05) is 39.0 Å². The molecule has 0 unspecified atom stereocenters. The number of rotatable bonds is 22. The smallest absolute Gasteiger partial charge is 0.415 e. The maximum absolute atomic E-state index is 13.7. The summed E-state index contributed by atoms with van der Waals surface area (Å²) in [4.78, 5) is 121. The number of nitrogens with zero attached hydrogens (tertiary/aromatic N) is 4. The van der Waals surface area contributed by atoms with Gasteiger partial charge in [0.15, 0.2) is 5.60 Å². The van der Waals surface area contributed by atoms with Gasteiger partial charge in [0.2, 0.25) is 17.7 Å². The minimum absolute atomic E-state index is 0.0251. The number of primary amides is 1. The number of aliphatic hydroxyl groups is 1. The molecule has 23 heteroatoms. The van der Waals surface area contributed by atoms with Gasteiger partial charge in [-0.05, 0) is 85.5 Å². The van der Waals surface area contributed by atoms with E-state index in [1.54, 1.807) is 73.9 Å². The van der Waals surface area contributed by atoms with Gasteiger partial charge in [-0.25, -0.2) is 24.2 Å². The number of hydrogen-bond acceptors (Lipinski definition) is 14. The number of nitrogens with two attached hydrogens (primary N) is 1. The molecule has 6 rings (SSSR count). The summed E-state index contributed by atoms with van der Waals surface area (Å²) in [5.41, 5.74) is 7.59. The van der Waals surface area contributed by atoms with E-state index in [9.17, 15) is 48.3 Å². The molecule has 2 aliphatic rings. The monoisotopic (exact) mass is 1030 g/mol. The van der Waals surface area contributed by atoms with Gasteiger partial charge in [-0.15, -0.1) is 0 Å². The quantitative estimate of drug-likeness (QED) is 0.0385. The van der Waals surface area contributed by atoms with Crippen molar-refractivity contribution in [1.82, 2.24) is 35.3 Å². The molecule has 396 valence electrons. The van der Waals surface area contributed by atoms with Gasteiger partial charge >= 0.3 is 30.2 Å². The van der Waals surface area contributed by atoms with Crippen molar-refractivity contribution in [2.24, 2.45) is 11.7 Å². The normalized spacial score (nSPS) is 15.1. The fourth-order valence-electron chi connectivity index (χ4n) is 8.67. The number of cyclic esters (lactones) is 1. The second-order valence-electron chi connectivity index (χ2n) is 18.5. The summed E-state index contributed by atoms with van der Waals surface area (Å²) in [6, 6.07) is 10.2. The molecule has 0 saturated heterocycles. The van der Waals surface area contributed by atoms with Gasteiger partial charge in [-0.1, -0.05) is 39.8 Å². The predicted octanol–water partition coefficient (Wildman–Crippen LogP) is 3.61. The van der Waals surface area contributed by atoms with E-state index < -0.39 is 65.6 Å². The van der Waals surface area contributed by atoms with Gasteiger partial charge in [-0.3, -0.25) is 24.0 Å². The number of likely N-dealkylation sites (N-methyl/N-ethyl adjacent to an activating group) is 2. The van der Waals surface area contributed by atoms with Crippen LogP contribution in [0.3, 0.4) is 0 Å². The van der Waals surface area contributed by atoms with E-state index in [2.05, 4.69) is 21.3 Å². The number of carbonyl (C=O) groups is 8.